The number of carbonyl (C=O) groups is 3. The van der Waals surface area contributed by atoms with Gasteiger partial charge in [0.05, 0.1) is 11.1 Å². The smallest absolute Gasteiger partial charge is 0.229 e. The van der Waals surface area contributed by atoms with E-state index in [2.05, 4.69) is 0 Å². The molecule has 4 aromatic rings. The van der Waals surface area contributed by atoms with E-state index in [1.807, 2.05) is 18.2 Å². The maximum absolute atomic E-state index is 13.3. The van der Waals surface area contributed by atoms with Crippen molar-refractivity contribution in [3.05, 3.63) is 119 Å². The van der Waals surface area contributed by atoms with E-state index in [4.69, 9.17) is 4.42 Å². The quantitative estimate of drug-likeness (QED) is 0.417. The predicted octanol–water partition coefficient (Wildman–Crippen LogP) is 4.95. The van der Waals surface area contributed by atoms with Crippen molar-refractivity contribution < 1.29 is 18.8 Å². The molecule has 0 unspecified atom stereocenters. The molecule has 0 saturated carbocycles. The first-order chi connectivity index (χ1) is 14.2. The van der Waals surface area contributed by atoms with Crippen molar-refractivity contribution >= 4 is 17.3 Å². The molecule has 1 aliphatic rings. The highest BCUT2D eigenvalue weighted by atomic mass is 16.4. The molecule has 0 saturated heterocycles. The molecule has 0 radical (unpaired) electrons. The molecule has 0 aliphatic heterocycles. The maximum atomic E-state index is 13.3. The minimum Gasteiger partial charge on any atom is -0.451 e. The lowest BCUT2D eigenvalue weighted by Crippen LogP contribution is -2.21. The first kappa shape index (κ1) is 17.1. The SMILES string of the molecule is O=C(c1ccccc1)c1oc(-c2ccccc2)c2c1C(=O)c1ccccc1C2=O. The Kier molecular flexibility index (Phi) is 3.85. The molecular formula is C25H14O4. The molecule has 4 heteroatoms. The predicted molar refractivity (Wildman–Crippen MR) is 107 cm³/mol. The lowest BCUT2D eigenvalue weighted by molar-refractivity contribution is 0.0968. The zero-order valence-electron chi connectivity index (χ0n) is 15.2. The van der Waals surface area contributed by atoms with Gasteiger partial charge in [0.15, 0.2) is 17.3 Å². The van der Waals surface area contributed by atoms with E-state index in [0.29, 0.717) is 16.7 Å². The van der Waals surface area contributed by atoms with Crippen molar-refractivity contribution in [1.29, 1.82) is 0 Å². The van der Waals surface area contributed by atoms with Crippen LogP contribution in [0.2, 0.25) is 0 Å². The Balaban J connectivity index is 1.80. The molecule has 5 rings (SSSR count). The first-order valence-electron chi connectivity index (χ1n) is 9.17. The fourth-order valence-electron chi connectivity index (χ4n) is 3.69. The van der Waals surface area contributed by atoms with Gasteiger partial charge in [-0.15, -0.1) is 0 Å². The number of fused-ring (bicyclic) bond motifs is 2. The summed E-state index contributed by atoms with van der Waals surface area (Å²) in [6, 6.07) is 24.3. The largest absolute Gasteiger partial charge is 0.451 e. The van der Waals surface area contributed by atoms with Crippen LogP contribution in [0.25, 0.3) is 11.3 Å². The normalized spacial score (nSPS) is 12.4. The third kappa shape index (κ3) is 2.57. The van der Waals surface area contributed by atoms with Gasteiger partial charge >= 0.3 is 0 Å². The Morgan fingerprint density at radius 1 is 0.621 bits per heavy atom. The molecule has 0 atom stereocenters. The van der Waals surface area contributed by atoms with Gasteiger partial charge in [-0.05, 0) is 0 Å². The summed E-state index contributed by atoms with van der Waals surface area (Å²) in [5, 5.41) is 0. The Bertz CT molecular complexity index is 1280. The number of hydrogen-bond acceptors (Lipinski definition) is 4. The van der Waals surface area contributed by atoms with Crippen molar-refractivity contribution in [2.24, 2.45) is 0 Å². The van der Waals surface area contributed by atoms with E-state index >= 15 is 0 Å². The van der Waals surface area contributed by atoms with Gasteiger partial charge in [-0.25, -0.2) is 0 Å². The molecule has 4 nitrogen and oxygen atoms in total. The van der Waals surface area contributed by atoms with Crippen LogP contribution in [0.1, 0.15) is 48.0 Å². The molecule has 138 valence electrons. The topological polar surface area (TPSA) is 64.3 Å². The Labute approximate surface area is 166 Å². The summed E-state index contributed by atoms with van der Waals surface area (Å²) in [7, 11) is 0. The number of furan rings is 1. The molecule has 29 heavy (non-hydrogen) atoms. The average molecular weight is 378 g/mol. The number of benzene rings is 3. The van der Waals surface area contributed by atoms with Crippen LogP contribution in [0.15, 0.2) is 89.3 Å². The molecular weight excluding hydrogens is 364 g/mol. The van der Waals surface area contributed by atoms with Gasteiger partial charge in [0.25, 0.3) is 0 Å². The standard InChI is InChI=1S/C25H14O4/c26-21(15-9-3-1-4-10-15)25-20-19(24(29-25)16-11-5-2-6-12-16)22(27)17-13-7-8-14-18(17)23(20)28/h1-14H. The third-order valence-electron chi connectivity index (χ3n) is 5.06. The maximum Gasteiger partial charge on any atom is 0.229 e. The monoisotopic (exact) mass is 378 g/mol. The van der Waals surface area contributed by atoms with E-state index in [1.165, 1.54) is 0 Å². The van der Waals surface area contributed by atoms with Crippen LogP contribution in [0, 0.1) is 0 Å². The van der Waals surface area contributed by atoms with Gasteiger partial charge < -0.3 is 4.42 Å². The van der Waals surface area contributed by atoms with Crippen LogP contribution in [0.5, 0.6) is 0 Å². The summed E-state index contributed by atoms with van der Waals surface area (Å²) in [6.45, 7) is 0. The van der Waals surface area contributed by atoms with E-state index in [1.54, 1.807) is 66.7 Å². The second-order valence-corrected chi connectivity index (χ2v) is 6.78. The summed E-state index contributed by atoms with van der Waals surface area (Å²) in [5.41, 5.74) is 1.83. The summed E-state index contributed by atoms with van der Waals surface area (Å²) >= 11 is 0. The van der Waals surface area contributed by atoms with Crippen molar-refractivity contribution in [2.45, 2.75) is 0 Å². The molecule has 3 aromatic carbocycles. The van der Waals surface area contributed by atoms with Crippen LogP contribution < -0.4 is 0 Å². The highest BCUT2D eigenvalue weighted by Crippen LogP contribution is 2.39. The van der Waals surface area contributed by atoms with Crippen LogP contribution in [-0.2, 0) is 0 Å². The lowest BCUT2D eigenvalue weighted by Gasteiger charge is -2.14. The van der Waals surface area contributed by atoms with Gasteiger partial charge in [0, 0.05) is 22.3 Å². The van der Waals surface area contributed by atoms with E-state index < -0.39 is 5.78 Å². The van der Waals surface area contributed by atoms with Crippen LogP contribution in [0.4, 0.5) is 0 Å². The van der Waals surface area contributed by atoms with Crippen molar-refractivity contribution in [3.63, 3.8) is 0 Å². The van der Waals surface area contributed by atoms with Crippen molar-refractivity contribution in [2.75, 3.05) is 0 Å². The van der Waals surface area contributed by atoms with Gasteiger partial charge in [0.2, 0.25) is 5.78 Å². The zero-order valence-corrected chi connectivity index (χ0v) is 15.2. The Hall–Kier alpha value is -4.05. The minimum atomic E-state index is -0.426. The molecule has 1 aliphatic carbocycles. The Morgan fingerprint density at radius 2 is 1.14 bits per heavy atom. The van der Waals surface area contributed by atoms with Gasteiger partial charge in [0.1, 0.15) is 5.76 Å². The second kappa shape index (κ2) is 6.53. The van der Waals surface area contributed by atoms with Crippen LogP contribution in [-0.4, -0.2) is 17.3 Å². The molecule has 0 N–H and O–H groups in total. The first-order valence-corrected chi connectivity index (χ1v) is 9.17. The number of hydrogen-bond donors (Lipinski definition) is 0. The summed E-state index contributed by atoms with van der Waals surface area (Å²) in [4.78, 5) is 39.8. The van der Waals surface area contributed by atoms with Crippen molar-refractivity contribution in [1.82, 2.24) is 0 Å². The van der Waals surface area contributed by atoms with E-state index in [-0.39, 0.29) is 39.8 Å². The van der Waals surface area contributed by atoms with Crippen LogP contribution in [0.3, 0.4) is 0 Å². The number of ketones is 3. The fraction of sp³-hybridized carbons (Fsp3) is 0. The molecule has 1 heterocycles. The zero-order chi connectivity index (χ0) is 20.0. The van der Waals surface area contributed by atoms with Crippen molar-refractivity contribution in [3.8, 4) is 11.3 Å². The molecule has 0 bridgehead atoms. The molecule has 0 fully saturated rings. The Morgan fingerprint density at radius 3 is 1.76 bits per heavy atom. The number of carbonyl (C=O) groups excluding carboxylic acids is 3. The summed E-state index contributed by atoms with van der Waals surface area (Å²) in [5.74, 6) is -0.972. The molecule has 0 amide bonds. The minimum absolute atomic E-state index is 0.0430. The van der Waals surface area contributed by atoms with Gasteiger partial charge in [-0.3, -0.25) is 14.4 Å². The number of rotatable bonds is 3. The highest BCUT2D eigenvalue weighted by Gasteiger charge is 2.39. The van der Waals surface area contributed by atoms with Crippen LogP contribution >= 0.6 is 0 Å². The summed E-state index contributed by atoms with van der Waals surface area (Å²) < 4.78 is 5.95. The van der Waals surface area contributed by atoms with Gasteiger partial charge in [-0.2, -0.15) is 0 Å². The van der Waals surface area contributed by atoms with E-state index in [0.717, 1.165) is 0 Å². The lowest BCUT2D eigenvalue weighted by atomic mass is 9.82. The third-order valence-corrected chi connectivity index (χ3v) is 5.06. The van der Waals surface area contributed by atoms with E-state index in [9.17, 15) is 14.4 Å². The molecule has 1 aromatic heterocycles. The molecule has 0 spiro atoms. The second-order valence-electron chi connectivity index (χ2n) is 6.78. The van der Waals surface area contributed by atoms with Gasteiger partial charge in [-0.1, -0.05) is 84.9 Å². The summed E-state index contributed by atoms with van der Waals surface area (Å²) in [6.07, 6.45) is 0. The average Bonchev–Trinajstić information content (AvgIpc) is 3.19. The highest BCUT2D eigenvalue weighted by molar-refractivity contribution is 6.33. The fourth-order valence-corrected chi connectivity index (χ4v) is 3.69.